The first-order valence-electron chi connectivity index (χ1n) is 7.22. The smallest absolute Gasteiger partial charge is 0.123 e. The maximum Gasteiger partial charge on any atom is 0.123 e. The highest BCUT2D eigenvalue weighted by atomic mass is 19.1. The maximum atomic E-state index is 13.0. The fourth-order valence-corrected chi connectivity index (χ4v) is 3.39. The fourth-order valence-electron chi connectivity index (χ4n) is 3.39. The van der Waals surface area contributed by atoms with E-state index in [1.807, 2.05) is 6.92 Å². The molecule has 1 spiro atoms. The van der Waals surface area contributed by atoms with Gasteiger partial charge in [-0.25, -0.2) is 4.39 Å². The van der Waals surface area contributed by atoms with Gasteiger partial charge in [0.15, 0.2) is 0 Å². The topological polar surface area (TPSA) is 38.7 Å². The molecular weight excluding hydrogens is 259 g/mol. The van der Waals surface area contributed by atoms with Crippen molar-refractivity contribution in [1.29, 1.82) is 0 Å². The Balaban J connectivity index is 1.81. The van der Waals surface area contributed by atoms with Crippen molar-refractivity contribution in [2.45, 2.75) is 37.4 Å². The molecule has 2 aliphatic heterocycles. The molecule has 20 heavy (non-hydrogen) atoms. The third-order valence-corrected chi connectivity index (χ3v) is 4.78. The van der Waals surface area contributed by atoms with E-state index in [1.54, 1.807) is 12.1 Å². The Bertz CT molecular complexity index is 463. The minimum absolute atomic E-state index is 0.100. The molecule has 4 heteroatoms. The summed E-state index contributed by atoms with van der Waals surface area (Å²) < 4.78 is 24.4. The first-order valence-corrected chi connectivity index (χ1v) is 7.22. The number of benzene rings is 1. The van der Waals surface area contributed by atoms with Crippen LogP contribution in [0.15, 0.2) is 24.3 Å². The van der Waals surface area contributed by atoms with Gasteiger partial charge in [-0.1, -0.05) is 12.1 Å². The lowest BCUT2D eigenvalue weighted by molar-refractivity contribution is -0.140. The predicted octanol–water partition coefficient (Wildman–Crippen LogP) is 2.62. The normalized spacial score (nSPS) is 33.2. The summed E-state index contributed by atoms with van der Waals surface area (Å²) in [7, 11) is 0. The number of rotatable bonds is 2. The number of ether oxygens (including phenoxy) is 2. The van der Waals surface area contributed by atoms with Crippen LogP contribution in [0, 0.1) is 11.7 Å². The van der Waals surface area contributed by atoms with E-state index in [1.165, 1.54) is 12.1 Å². The molecule has 3 nitrogen and oxygen atoms in total. The second-order valence-corrected chi connectivity index (χ2v) is 6.18. The lowest BCUT2D eigenvalue weighted by Gasteiger charge is -2.43. The first kappa shape index (κ1) is 14.0. The van der Waals surface area contributed by atoms with Gasteiger partial charge in [0, 0.05) is 19.6 Å². The molecule has 0 aromatic heterocycles. The van der Waals surface area contributed by atoms with Crippen molar-refractivity contribution in [2.24, 2.45) is 5.92 Å². The van der Waals surface area contributed by atoms with Gasteiger partial charge in [-0.05, 0) is 43.4 Å². The van der Waals surface area contributed by atoms with Gasteiger partial charge in [0.25, 0.3) is 0 Å². The molecule has 110 valence electrons. The van der Waals surface area contributed by atoms with E-state index >= 15 is 0 Å². The van der Waals surface area contributed by atoms with Crippen LogP contribution in [0.3, 0.4) is 0 Å². The molecule has 0 bridgehead atoms. The molecule has 2 saturated heterocycles. The Morgan fingerprint density at radius 2 is 2.05 bits per heavy atom. The van der Waals surface area contributed by atoms with E-state index in [0.29, 0.717) is 13.2 Å². The summed E-state index contributed by atoms with van der Waals surface area (Å²) in [6.45, 7) is 3.81. The van der Waals surface area contributed by atoms with Crippen LogP contribution >= 0.6 is 0 Å². The third kappa shape index (κ3) is 2.48. The molecule has 2 heterocycles. The summed E-state index contributed by atoms with van der Waals surface area (Å²) in [5, 5.41) is 10.9. The van der Waals surface area contributed by atoms with Gasteiger partial charge in [0.05, 0.1) is 17.8 Å². The highest BCUT2D eigenvalue weighted by Gasteiger charge is 2.46. The summed E-state index contributed by atoms with van der Waals surface area (Å²) in [5.41, 5.74) is -0.431. The quantitative estimate of drug-likeness (QED) is 0.905. The molecule has 0 saturated carbocycles. The number of hydrogen-bond donors (Lipinski definition) is 1. The minimum atomic E-state index is -0.965. The Kier molecular flexibility index (Phi) is 3.56. The number of hydrogen-bond acceptors (Lipinski definition) is 3. The number of halogens is 1. The molecule has 0 amide bonds. The molecule has 3 rings (SSSR count). The average Bonchev–Trinajstić information content (AvgIpc) is 2.87. The van der Waals surface area contributed by atoms with E-state index in [2.05, 4.69) is 0 Å². The molecule has 3 atom stereocenters. The standard InChI is InChI=1S/C16H21FO3/c1-15(18,12-2-4-14(17)5-3-12)13-6-8-20-16(10-13)7-9-19-11-16/h2-5,13,18H,6-11H2,1H3. The van der Waals surface area contributed by atoms with Crippen LogP contribution in [0.4, 0.5) is 4.39 Å². The van der Waals surface area contributed by atoms with Crippen molar-refractivity contribution in [3.05, 3.63) is 35.6 Å². The van der Waals surface area contributed by atoms with Gasteiger partial charge in [0.2, 0.25) is 0 Å². The van der Waals surface area contributed by atoms with Gasteiger partial charge in [-0.3, -0.25) is 0 Å². The lowest BCUT2D eigenvalue weighted by atomic mass is 9.73. The summed E-state index contributed by atoms with van der Waals surface area (Å²) in [6.07, 6.45) is 2.49. The van der Waals surface area contributed by atoms with Crippen LogP contribution in [-0.4, -0.2) is 30.5 Å². The Morgan fingerprint density at radius 1 is 1.30 bits per heavy atom. The fraction of sp³-hybridized carbons (Fsp3) is 0.625. The van der Waals surface area contributed by atoms with Crippen LogP contribution in [-0.2, 0) is 15.1 Å². The summed E-state index contributed by atoms with van der Waals surface area (Å²) >= 11 is 0. The summed E-state index contributed by atoms with van der Waals surface area (Å²) in [5.74, 6) is -0.180. The van der Waals surface area contributed by atoms with Crippen LogP contribution in [0.25, 0.3) is 0 Å². The third-order valence-electron chi connectivity index (χ3n) is 4.78. The van der Waals surface area contributed by atoms with Gasteiger partial charge >= 0.3 is 0 Å². The molecular formula is C16H21FO3. The van der Waals surface area contributed by atoms with Crippen LogP contribution in [0.1, 0.15) is 31.7 Å². The maximum absolute atomic E-state index is 13.0. The molecule has 1 aromatic rings. The zero-order valence-corrected chi connectivity index (χ0v) is 11.8. The molecule has 0 aliphatic carbocycles. The highest BCUT2D eigenvalue weighted by molar-refractivity contribution is 5.23. The average molecular weight is 280 g/mol. The Hall–Kier alpha value is -0.970. The second kappa shape index (κ2) is 5.10. The van der Waals surface area contributed by atoms with Gasteiger partial charge in [-0.2, -0.15) is 0 Å². The largest absolute Gasteiger partial charge is 0.385 e. The van der Waals surface area contributed by atoms with E-state index < -0.39 is 5.60 Å². The zero-order chi connectivity index (χ0) is 14.2. The van der Waals surface area contributed by atoms with Crippen LogP contribution in [0.5, 0.6) is 0 Å². The van der Waals surface area contributed by atoms with Gasteiger partial charge in [0.1, 0.15) is 5.82 Å². The molecule has 2 fully saturated rings. The zero-order valence-electron chi connectivity index (χ0n) is 11.8. The minimum Gasteiger partial charge on any atom is -0.385 e. The second-order valence-electron chi connectivity index (χ2n) is 6.18. The van der Waals surface area contributed by atoms with Crippen LogP contribution < -0.4 is 0 Å². The van der Waals surface area contributed by atoms with Crippen molar-refractivity contribution < 1.29 is 19.0 Å². The van der Waals surface area contributed by atoms with Crippen molar-refractivity contribution in [1.82, 2.24) is 0 Å². The van der Waals surface area contributed by atoms with Crippen molar-refractivity contribution >= 4 is 0 Å². The monoisotopic (exact) mass is 280 g/mol. The SMILES string of the molecule is CC(O)(c1ccc(F)cc1)C1CCOC2(CCOC2)C1. The lowest BCUT2D eigenvalue weighted by Crippen LogP contribution is -2.46. The van der Waals surface area contributed by atoms with E-state index in [-0.39, 0.29) is 17.3 Å². The molecule has 0 radical (unpaired) electrons. The van der Waals surface area contributed by atoms with Gasteiger partial charge < -0.3 is 14.6 Å². The first-order chi connectivity index (χ1) is 9.52. The van der Waals surface area contributed by atoms with Crippen molar-refractivity contribution in [3.8, 4) is 0 Å². The van der Waals surface area contributed by atoms with E-state index in [9.17, 15) is 9.50 Å². The molecule has 3 unspecified atom stereocenters. The van der Waals surface area contributed by atoms with Crippen LogP contribution in [0.2, 0.25) is 0 Å². The van der Waals surface area contributed by atoms with Crippen molar-refractivity contribution in [3.63, 3.8) is 0 Å². The highest BCUT2D eigenvalue weighted by Crippen LogP contribution is 2.43. The van der Waals surface area contributed by atoms with Gasteiger partial charge in [-0.15, -0.1) is 0 Å². The molecule has 2 aliphatic rings. The Morgan fingerprint density at radius 3 is 2.70 bits per heavy atom. The van der Waals surface area contributed by atoms with E-state index in [4.69, 9.17) is 9.47 Å². The predicted molar refractivity (Wildman–Crippen MR) is 72.8 cm³/mol. The molecule has 1 aromatic carbocycles. The summed E-state index contributed by atoms with van der Waals surface area (Å²) in [6, 6.07) is 6.14. The van der Waals surface area contributed by atoms with Crippen molar-refractivity contribution in [2.75, 3.05) is 19.8 Å². The van der Waals surface area contributed by atoms with E-state index in [0.717, 1.165) is 31.4 Å². The number of aliphatic hydroxyl groups is 1. The Labute approximate surface area is 118 Å². The molecule has 1 N–H and O–H groups in total. The summed E-state index contributed by atoms with van der Waals surface area (Å²) in [4.78, 5) is 0.